The van der Waals surface area contributed by atoms with Gasteiger partial charge in [0.25, 0.3) is 0 Å². The Kier molecular flexibility index (Phi) is 5.78. The lowest BCUT2D eigenvalue weighted by molar-refractivity contribution is -0.133. The maximum atomic E-state index is 11.5. The molecule has 0 heterocycles. The lowest BCUT2D eigenvalue weighted by Gasteiger charge is -2.17. The topological polar surface area (TPSA) is 57.6 Å². The third kappa shape index (κ3) is 4.81. The highest BCUT2D eigenvalue weighted by Crippen LogP contribution is 1.98. The molecule has 0 aliphatic rings. The Morgan fingerprint density at radius 1 is 1.27 bits per heavy atom. The van der Waals surface area contributed by atoms with Gasteiger partial charge >= 0.3 is 5.97 Å². The maximum absolute atomic E-state index is 11.5. The molecule has 0 atom stereocenters. The molecule has 0 aliphatic carbocycles. The van der Waals surface area contributed by atoms with E-state index in [0.29, 0.717) is 13.1 Å². The number of carboxylic acid groups (broad SMARTS) is 1. The van der Waals surface area contributed by atoms with Crippen molar-refractivity contribution >= 4 is 11.9 Å². The second-order valence-corrected chi connectivity index (χ2v) is 2.95. The minimum atomic E-state index is -1.10. The first-order valence-corrected chi connectivity index (χ1v) is 4.45. The van der Waals surface area contributed by atoms with E-state index in [0.717, 1.165) is 6.08 Å². The molecular formula is C11H15NO3. The zero-order valence-electron chi connectivity index (χ0n) is 8.77. The molecule has 0 aromatic rings. The van der Waals surface area contributed by atoms with Crippen LogP contribution >= 0.6 is 0 Å². The van der Waals surface area contributed by atoms with E-state index < -0.39 is 5.97 Å². The standard InChI is InChI=1S/C11H15NO3/c1-4-6-12(7-5-2)10(13)8-9(3)11(14)15/h4-5,8H,1-2,6-7H2,3H3,(H,14,15)/b9-8-. The van der Waals surface area contributed by atoms with Gasteiger partial charge in [-0.05, 0) is 6.92 Å². The van der Waals surface area contributed by atoms with Crippen molar-refractivity contribution in [3.05, 3.63) is 37.0 Å². The molecular weight excluding hydrogens is 194 g/mol. The van der Waals surface area contributed by atoms with Crippen molar-refractivity contribution in [3.8, 4) is 0 Å². The SMILES string of the molecule is C=CCN(CC=C)C(=O)/C=C(/C)C(=O)O. The van der Waals surface area contributed by atoms with Gasteiger partial charge in [0.15, 0.2) is 0 Å². The lowest BCUT2D eigenvalue weighted by Crippen LogP contribution is -2.30. The van der Waals surface area contributed by atoms with Crippen LogP contribution in [0.4, 0.5) is 0 Å². The van der Waals surface area contributed by atoms with E-state index in [1.54, 1.807) is 12.2 Å². The predicted molar refractivity (Wildman–Crippen MR) is 58.4 cm³/mol. The number of carbonyl (C=O) groups excluding carboxylic acids is 1. The Morgan fingerprint density at radius 2 is 1.73 bits per heavy atom. The van der Waals surface area contributed by atoms with Gasteiger partial charge in [-0.3, -0.25) is 4.79 Å². The molecule has 0 saturated carbocycles. The first-order valence-electron chi connectivity index (χ1n) is 4.45. The van der Waals surface area contributed by atoms with Gasteiger partial charge in [-0.1, -0.05) is 12.2 Å². The molecule has 0 unspecified atom stereocenters. The number of hydrogen-bond acceptors (Lipinski definition) is 2. The molecule has 15 heavy (non-hydrogen) atoms. The fourth-order valence-corrected chi connectivity index (χ4v) is 0.904. The zero-order valence-corrected chi connectivity index (χ0v) is 8.77. The van der Waals surface area contributed by atoms with Crippen molar-refractivity contribution in [3.63, 3.8) is 0 Å². The highest BCUT2D eigenvalue weighted by atomic mass is 16.4. The molecule has 0 aromatic heterocycles. The summed E-state index contributed by atoms with van der Waals surface area (Å²) in [5.74, 6) is -1.45. The second-order valence-electron chi connectivity index (χ2n) is 2.95. The highest BCUT2D eigenvalue weighted by Gasteiger charge is 2.10. The van der Waals surface area contributed by atoms with Crippen molar-refractivity contribution in [2.75, 3.05) is 13.1 Å². The highest BCUT2D eigenvalue weighted by molar-refractivity contribution is 5.97. The van der Waals surface area contributed by atoms with Crippen molar-refractivity contribution < 1.29 is 14.7 Å². The van der Waals surface area contributed by atoms with Gasteiger partial charge in [0.1, 0.15) is 0 Å². The summed E-state index contributed by atoms with van der Waals surface area (Å²) in [5, 5.41) is 8.59. The monoisotopic (exact) mass is 209 g/mol. The van der Waals surface area contributed by atoms with Crippen LogP contribution in [0.3, 0.4) is 0 Å². The molecule has 4 nitrogen and oxygen atoms in total. The van der Waals surface area contributed by atoms with Gasteiger partial charge < -0.3 is 10.0 Å². The first-order chi connectivity index (χ1) is 7.02. The van der Waals surface area contributed by atoms with Crippen molar-refractivity contribution in [2.45, 2.75) is 6.92 Å². The van der Waals surface area contributed by atoms with Crippen LogP contribution in [-0.2, 0) is 9.59 Å². The van der Waals surface area contributed by atoms with Crippen LogP contribution in [0.2, 0.25) is 0 Å². The number of hydrogen-bond donors (Lipinski definition) is 1. The number of rotatable bonds is 6. The van der Waals surface area contributed by atoms with Crippen LogP contribution in [0.25, 0.3) is 0 Å². The number of carbonyl (C=O) groups is 2. The van der Waals surface area contributed by atoms with Gasteiger partial charge in [0.05, 0.1) is 0 Å². The quantitative estimate of drug-likeness (QED) is 0.528. The van der Waals surface area contributed by atoms with E-state index in [-0.39, 0.29) is 11.5 Å². The van der Waals surface area contributed by atoms with Gasteiger partial charge in [-0.15, -0.1) is 13.2 Å². The van der Waals surface area contributed by atoms with E-state index in [9.17, 15) is 9.59 Å². The zero-order chi connectivity index (χ0) is 11.8. The summed E-state index contributed by atoms with van der Waals surface area (Å²) in [7, 11) is 0. The smallest absolute Gasteiger partial charge is 0.331 e. The average molecular weight is 209 g/mol. The maximum Gasteiger partial charge on any atom is 0.331 e. The molecule has 0 aliphatic heterocycles. The molecule has 0 rings (SSSR count). The number of nitrogens with zero attached hydrogens (tertiary/aromatic N) is 1. The minimum absolute atomic E-state index is 0.0122. The fourth-order valence-electron chi connectivity index (χ4n) is 0.904. The number of amides is 1. The van der Waals surface area contributed by atoms with Gasteiger partial charge in [0.2, 0.25) is 5.91 Å². The third-order valence-electron chi connectivity index (χ3n) is 1.69. The molecule has 0 aromatic carbocycles. The number of aliphatic carboxylic acids is 1. The minimum Gasteiger partial charge on any atom is -0.478 e. The summed E-state index contributed by atoms with van der Waals surface area (Å²) in [6.45, 7) is 9.14. The summed E-state index contributed by atoms with van der Waals surface area (Å²) in [6.07, 6.45) is 4.24. The largest absolute Gasteiger partial charge is 0.478 e. The summed E-state index contributed by atoms with van der Waals surface area (Å²) < 4.78 is 0. The molecule has 1 N–H and O–H groups in total. The van der Waals surface area contributed by atoms with Crippen molar-refractivity contribution in [1.82, 2.24) is 4.90 Å². The predicted octanol–water partition coefficient (Wildman–Crippen LogP) is 1.22. The van der Waals surface area contributed by atoms with Crippen LogP contribution in [0.15, 0.2) is 37.0 Å². The molecule has 0 fully saturated rings. The summed E-state index contributed by atoms with van der Waals surface area (Å²) in [6, 6.07) is 0. The normalized spacial score (nSPS) is 10.6. The molecule has 4 heteroatoms. The van der Waals surface area contributed by atoms with Crippen LogP contribution in [0.1, 0.15) is 6.92 Å². The van der Waals surface area contributed by atoms with Gasteiger partial charge in [0, 0.05) is 24.7 Å². The molecule has 0 saturated heterocycles. The van der Waals surface area contributed by atoms with Crippen molar-refractivity contribution in [1.29, 1.82) is 0 Å². The Balaban J connectivity index is 4.63. The first kappa shape index (κ1) is 13.2. The Hall–Kier alpha value is -1.84. The van der Waals surface area contributed by atoms with E-state index in [1.165, 1.54) is 11.8 Å². The van der Waals surface area contributed by atoms with E-state index in [4.69, 9.17) is 5.11 Å². The summed E-state index contributed by atoms with van der Waals surface area (Å²) >= 11 is 0. The Labute approximate surface area is 89.2 Å². The second kappa shape index (κ2) is 6.59. The van der Waals surface area contributed by atoms with Crippen LogP contribution in [0.5, 0.6) is 0 Å². The molecule has 1 amide bonds. The lowest BCUT2D eigenvalue weighted by atomic mass is 10.2. The van der Waals surface area contributed by atoms with Crippen LogP contribution < -0.4 is 0 Å². The van der Waals surface area contributed by atoms with E-state index in [1.807, 2.05) is 0 Å². The fraction of sp³-hybridized carbons (Fsp3) is 0.273. The summed E-state index contributed by atoms with van der Waals surface area (Å²) in [5.41, 5.74) is 0.0122. The van der Waals surface area contributed by atoms with Crippen LogP contribution in [0, 0.1) is 0 Å². The summed E-state index contributed by atoms with van der Waals surface area (Å²) in [4.78, 5) is 23.5. The van der Waals surface area contributed by atoms with Crippen LogP contribution in [-0.4, -0.2) is 35.0 Å². The molecule has 0 spiro atoms. The Bertz CT molecular complexity index is 295. The van der Waals surface area contributed by atoms with E-state index in [2.05, 4.69) is 13.2 Å². The number of carboxylic acids is 1. The molecule has 0 radical (unpaired) electrons. The van der Waals surface area contributed by atoms with Gasteiger partial charge in [-0.2, -0.15) is 0 Å². The molecule has 0 bridgehead atoms. The molecule has 82 valence electrons. The van der Waals surface area contributed by atoms with Gasteiger partial charge in [-0.25, -0.2) is 4.79 Å². The van der Waals surface area contributed by atoms with Crippen molar-refractivity contribution in [2.24, 2.45) is 0 Å². The third-order valence-corrected chi connectivity index (χ3v) is 1.69. The average Bonchev–Trinajstić information content (AvgIpc) is 2.17. The van der Waals surface area contributed by atoms with E-state index >= 15 is 0 Å². The Morgan fingerprint density at radius 3 is 2.07 bits per heavy atom.